The molecule has 1 N–H and O–H groups in total. The third-order valence-corrected chi connectivity index (χ3v) is 3.51. The number of Topliss-reactive ketones (excluding diaryl/α,β-unsaturated/α-hetero) is 1. The van der Waals surface area contributed by atoms with Crippen molar-refractivity contribution in [2.45, 2.75) is 45.6 Å². The van der Waals surface area contributed by atoms with Gasteiger partial charge in [0.2, 0.25) is 0 Å². The SMILES string of the molecule is CC(C)Cc1ccc(C(=O)C2CCCCN2)cc1. The molecule has 1 atom stereocenters. The van der Waals surface area contributed by atoms with Crippen molar-refractivity contribution in [3.63, 3.8) is 0 Å². The Labute approximate surface area is 110 Å². The molecule has 1 heterocycles. The Morgan fingerprint density at radius 1 is 1.28 bits per heavy atom. The molecule has 0 aliphatic carbocycles. The molecule has 2 nitrogen and oxygen atoms in total. The van der Waals surface area contributed by atoms with E-state index >= 15 is 0 Å². The van der Waals surface area contributed by atoms with Gasteiger partial charge in [0.1, 0.15) is 0 Å². The van der Waals surface area contributed by atoms with Gasteiger partial charge in [0.25, 0.3) is 0 Å². The number of nitrogens with one attached hydrogen (secondary N) is 1. The summed E-state index contributed by atoms with van der Waals surface area (Å²) in [5.74, 6) is 0.914. The summed E-state index contributed by atoms with van der Waals surface area (Å²) in [5.41, 5.74) is 2.17. The highest BCUT2D eigenvalue weighted by Crippen LogP contribution is 2.15. The highest BCUT2D eigenvalue weighted by Gasteiger charge is 2.21. The van der Waals surface area contributed by atoms with Gasteiger partial charge in [-0.1, -0.05) is 44.5 Å². The quantitative estimate of drug-likeness (QED) is 0.825. The Kier molecular flexibility index (Phi) is 4.54. The predicted molar refractivity (Wildman–Crippen MR) is 75.0 cm³/mol. The van der Waals surface area contributed by atoms with Gasteiger partial charge in [-0.15, -0.1) is 0 Å². The maximum atomic E-state index is 12.3. The van der Waals surface area contributed by atoms with Crippen molar-refractivity contribution in [1.82, 2.24) is 5.32 Å². The van der Waals surface area contributed by atoms with Crippen LogP contribution in [0.3, 0.4) is 0 Å². The number of carbonyl (C=O) groups is 1. The average Bonchev–Trinajstić information content (AvgIpc) is 2.39. The molecule has 1 aromatic rings. The molecule has 0 radical (unpaired) electrons. The van der Waals surface area contributed by atoms with Crippen molar-refractivity contribution in [2.24, 2.45) is 5.92 Å². The van der Waals surface area contributed by atoms with Crippen molar-refractivity contribution in [1.29, 1.82) is 0 Å². The summed E-state index contributed by atoms with van der Waals surface area (Å²) in [5, 5.41) is 3.31. The molecule has 0 aromatic heterocycles. The molecule has 0 saturated carbocycles. The first-order valence-corrected chi connectivity index (χ1v) is 7.03. The fourth-order valence-corrected chi connectivity index (χ4v) is 2.55. The van der Waals surface area contributed by atoms with Gasteiger partial charge in [0.05, 0.1) is 6.04 Å². The summed E-state index contributed by atoms with van der Waals surface area (Å²) in [7, 11) is 0. The van der Waals surface area contributed by atoms with Crippen molar-refractivity contribution in [2.75, 3.05) is 6.54 Å². The van der Waals surface area contributed by atoms with E-state index in [0.717, 1.165) is 31.4 Å². The third-order valence-electron chi connectivity index (χ3n) is 3.51. The van der Waals surface area contributed by atoms with E-state index in [-0.39, 0.29) is 11.8 Å². The number of hydrogen-bond donors (Lipinski definition) is 1. The minimum atomic E-state index is 0.0368. The van der Waals surface area contributed by atoms with Gasteiger partial charge in [-0.2, -0.15) is 0 Å². The second kappa shape index (κ2) is 6.14. The van der Waals surface area contributed by atoms with Crippen LogP contribution in [0.4, 0.5) is 0 Å². The number of carbonyl (C=O) groups excluding carboxylic acids is 1. The maximum Gasteiger partial charge on any atom is 0.179 e. The van der Waals surface area contributed by atoms with E-state index in [1.807, 2.05) is 12.1 Å². The lowest BCUT2D eigenvalue weighted by molar-refractivity contribution is 0.0927. The molecule has 1 aliphatic heterocycles. The first-order valence-electron chi connectivity index (χ1n) is 7.03. The van der Waals surface area contributed by atoms with E-state index in [0.29, 0.717) is 5.92 Å². The number of rotatable bonds is 4. The molecule has 0 spiro atoms. The van der Waals surface area contributed by atoms with Gasteiger partial charge in [-0.3, -0.25) is 4.79 Å². The Morgan fingerprint density at radius 3 is 2.56 bits per heavy atom. The van der Waals surface area contributed by atoms with Gasteiger partial charge >= 0.3 is 0 Å². The number of piperidine rings is 1. The zero-order chi connectivity index (χ0) is 13.0. The highest BCUT2D eigenvalue weighted by molar-refractivity contribution is 6.00. The van der Waals surface area contributed by atoms with Crippen LogP contribution in [0.25, 0.3) is 0 Å². The zero-order valence-corrected chi connectivity index (χ0v) is 11.4. The van der Waals surface area contributed by atoms with Crippen LogP contribution in [0.5, 0.6) is 0 Å². The Bertz CT molecular complexity index is 388. The van der Waals surface area contributed by atoms with Crippen LogP contribution in [-0.2, 0) is 6.42 Å². The van der Waals surface area contributed by atoms with Gasteiger partial charge in [0.15, 0.2) is 5.78 Å². The van der Waals surface area contributed by atoms with Crippen LogP contribution >= 0.6 is 0 Å². The molecular formula is C16H23NO. The van der Waals surface area contributed by atoms with Gasteiger partial charge in [0, 0.05) is 5.56 Å². The first-order chi connectivity index (χ1) is 8.66. The molecule has 2 heteroatoms. The molecule has 0 amide bonds. The van der Waals surface area contributed by atoms with Gasteiger partial charge in [-0.25, -0.2) is 0 Å². The van der Waals surface area contributed by atoms with Crippen LogP contribution in [0.1, 0.15) is 49.0 Å². The molecule has 1 saturated heterocycles. The predicted octanol–water partition coefficient (Wildman–Crippen LogP) is 3.21. The van der Waals surface area contributed by atoms with E-state index < -0.39 is 0 Å². The number of ketones is 1. The summed E-state index contributed by atoms with van der Waals surface area (Å²) in [6, 6.07) is 8.19. The molecule has 1 aromatic carbocycles. The molecule has 2 rings (SSSR count). The van der Waals surface area contributed by atoms with Crippen molar-refractivity contribution in [3.8, 4) is 0 Å². The number of hydrogen-bond acceptors (Lipinski definition) is 2. The van der Waals surface area contributed by atoms with Crippen LogP contribution in [0.2, 0.25) is 0 Å². The van der Waals surface area contributed by atoms with Gasteiger partial charge < -0.3 is 5.32 Å². The van der Waals surface area contributed by atoms with E-state index in [9.17, 15) is 4.79 Å². The summed E-state index contributed by atoms with van der Waals surface area (Å²) in [6.07, 6.45) is 4.41. The minimum Gasteiger partial charge on any atom is -0.307 e. The minimum absolute atomic E-state index is 0.0368. The molecule has 1 fully saturated rings. The van der Waals surface area contributed by atoms with E-state index in [1.54, 1.807) is 0 Å². The second-order valence-corrected chi connectivity index (χ2v) is 5.66. The van der Waals surface area contributed by atoms with E-state index in [2.05, 4.69) is 31.3 Å². The van der Waals surface area contributed by atoms with Crippen LogP contribution in [0.15, 0.2) is 24.3 Å². The number of benzene rings is 1. The van der Waals surface area contributed by atoms with Crippen molar-refractivity contribution >= 4 is 5.78 Å². The Balaban J connectivity index is 2.02. The maximum absolute atomic E-state index is 12.3. The molecular weight excluding hydrogens is 222 g/mol. The fourth-order valence-electron chi connectivity index (χ4n) is 2.55. The normalized spacial score (nSPS) is 20.1. The molecule has 1 aliphatic rings. The van der Waals surface area contributed by atoms with Crippen LogP contribution < -0.4 is 5.32 Å². The Morgan fingerprint density at radius 2 is 2.00 bits per heavy atom. The van der Waals surface area contributed by atoms with E-state index in [1.165, 1.54) is 12.0 Å². The smallest absolute Gasteiger partial charge is 0.179 e. The standard InChI is InChI=1S/C16H23NO/c1-12(2)11-13-6-8-14(9-7-13)16(18)15-5-3-4-10-17-15/h6-9,12,15,17H,3-5,10-11H2,1-2H3. The summed E-state index contributed by atoms with van der Waals surface area (Å²) >= 11 is 0. The van der Waals surface area contributed by atoms with Crippen LogP contribution in [0, 0.1) is 5.92 Å². The average molecular weight is 245 g/mol. The lowest BCUT2D eigenvalue weighted by Gasteiger charge is -2.22. The first kappa shape index (κ1) is 13.3. The topological polar surface area (TPSA) is 29.1 Å². The van der Waals surface area contributed by atoms with Crippen molar-refractivity contribution in [3.05, 3.63) is 35.4 Å². The molecule has 18 heavy (non-hydrogen) atoms. The lowest BCUT2D eigenvalue weighted by Crippen LogP contribution is -2.40. The zero-order valence-electron chi connectivity index (χ0n) is 11.4. The Hall–Kier alpha value is -1.15. The molecule has 1 unspecified atom stereocenters. The largest absolute Gasteiger partial charge is 0.307 e. The molecule has 98 valence electrons. The van der Waals surface area contributed by atoms with Gasteiger partial charge in [-0.05, 0) is 37.3 Å². The third kappa shape index (κ3) is 3.42. The summed E-state index contributed by atoms with van der Waals surface area (Å²) in [6.45, 7) is 5.40. The lowest BCUT2D eigenvalue weighted by atomic mass is 9.95. The summed E-state index contributed by atoms with van der Waals surface area (Å²) in [4.78, 5) is 12.3. The fraction of sp³-hybridized carbons (Fsp3) is 0.562. The second-order valence-electron chi connectivity index (χ2n) is 5.66. The molecule has 0 bridgehead atoms. The van der Waals surface area contributed by atoms with E-state index in [4.69, 9.17) is 0 Å². The monoisotopic (exact) mass is 245 g/mol. The van der Waals surface area contributed by atoms with Crippen molar-refractivity contribution < 1.29 is 4.79 Å². The summed E-state index contributed by atoms with van der Waals surface area (Å²) < 4.78 is 0. The van der Waals surface area contributed by atoms with Crippen LogP contribution in [-0.4, -0.2) is 18.4 Å². The highest BCUT2D eigenvalue weighted by atomic mass is 16.1.